The Hall–Kier alpha value is -5.76. The van der Waals surface area contributed by atoms with Crippen LogP contribution < -0.4 is 15.4 Å². The number of anilines is 1. The van der Waals surface area contributed by atoms with Gasteiger partial charge in [0.25, 0.3) is 5.91 Å². The number of rotatable bonds is 9. The van der Waals surface area contributed by atoms with Gasteiger partial charge in [-0.2, -0.15) is 5.10 Å². The summed E-state index contributed by atoms with van der Waals surface area (Å²) >= 11 is 6.53. The van der Waals surface area contributed by atoms with Crippen LogP contribution in [0.2, 0.25) is 5.02 Å². The van der Waals surface area contributed by atoms with Crippen molar-refractivity contribution < 1.29 is 23.9 Å². The zero-order valence-electron chi connectivity index (χ0n) is 31.4. The molecule has 3 aliphatic heterocycles. The van der Waals surface area contributed by atoms with Gasteiger partial charge in [0.15, 0.2) is 11.4 Å². The third-order valence-corrected chi connectivity index (χ3v) is 11.4. The van der Waals surface area contributed by atoms with Gasteiger partial charge < -0.3 is 24.8 Å². The first-order chi connectivity index (χ1) is 27.1. The summed E-state index contributed by atoms with van der Waals surface area (Å²) in [5.74, 6) is 1.07. The van der Waals surface area contributed by atoms with E-state index in [0.29, 0.717) is 90.3 Å². The van der Waals surface area contributed by atoms with E-state index in [-0.39, 0.29) is 35.5 Å². The number of aryl methyl sites for hydroxylation is 2. The highest BCUT2D eigenvalue weighted by molar-refractivity contribution is 6.32. The molecular weight excluding hydrogens is 734 g/mol. The van der Waals surface area contributed by atoms with Crippen molar-refractivity contribution in [2.45, 2.75) is 51.4 Å². The molecule has 14 nitrogen and oxygen atoms in total. The summed E-state index contributed by atoms with van der Waals surface area (Å²) < 4.78 is 7.93. The van der Waals surface area contributed by atoms with Crippen molar-refractivity contribution in [1.29, 1.82) is 0 Å². The lowest BCUT2D eigenvalue weighted by Gasteiger charge is -2.38. The van der Waals surface area contributed by atoms with E-state index >= 15 is 0 Å². The molecule has 8 rings (SSSR count). The van der Waals surface area contributed by atoms with Gasteiger partial charge in [0, 0.05) is 69.6 Å². The van der Waals surface area contributed by atoms with Gasteiger partial charge in [0.05, 0.1) is 23.4 Å². The number of imide groups is 1. The maximum Gasteiger partial charge on any atom is 0.253 e. The molecule has 3 saturated heterocycles. The van der Waals surface area contributed by atoms with Gasteiger partial charge in [-0.1, -0.05) is 23.7 Å². The number of carbonyl (C=O) groups excluding carboxylic acids is 4. The third kappa shape index (κ3) is 7.83. The van der Waals surface area contributed by atoms with Crippen LogP contribution in [0.3, 0.4) is 0 Å². The van der Waals surface area contributed by atoms with Crippen molar-refractivity contribution in [2.24, 2.45) is 18.9 Å². The number of imidazole rings is 1. The van der Waals surface area contributed by atoms with Crippen LogP contribution in [0.15, 0.2) is 60.9 Å². The number of nitrogens with one attached hydrogen (secondary N) is 3. The zero-order valence-corrected chi connectivity index (χ0v) is 32.1. The molecule has 2 atom stereocenters. The Bertz CT molecular complexity index is 2280. The van der Waals surface area contributed by atoms with Gasteiger partial charge >= 0.3 is 0 Å². The molecule has 5 aromatic rings. The number of hydrogen-bond donors (Lipinski definition) is 3. The van der Waals surface area contributed by atoms with E-state index in [0.717, 1.165) is 48.4 Å². The number of ether oxygens (including phenoxy) is 1. The minimum Gasteiger partial charge on any atom is -0.453 e. The molecule has 4 amide bonds. The van der Waals surface area contributed by atoms with Crippen LogP contribution in [0.5, 0.6) is 11.5 Å². The normalized spacial score (nSPS) is 19.3. The summed E-state index contributed by atoms with van der Waals surface area (Å²) in [4.78, 5) is 67.0. The Morgan fingerprint density at radius 2 is 1.75 bits per heavy atom. The monoisotopic (exact) mass is 777 g/mol. The Morgan fingerprint density at radius 1 is 0.982 bits per heavy atom. The van der Waals surface area contributed by atoms with Crippen molar-refractivity contribution in [2.75, 3.05) is 38.0 Å². The highest BCUT2D eigenvalue weighted by Gasteiger charge is 2.33. The quantitative estimate of drug-likeness (QED) is 0.156. The second-order valence-corrected chi connectivity index (χ2v) is 15.4. The SMILES string of the molecule is Cc1nn(C)cc1-c1nc2ncc(Cl)c(Oc3ccc(C(=O)N4CCC(C(=O)N5CCCC(CNc6ccc([C@@H]7CCC(=O)NC7=O)cc6)C5)CC4)cc3)c2[nH]1. The summed E-state index contributed by atoms with van der Waals surface area (Å²) in [7, 11) is 1.85. The molecule has 0 spiro atoms. The largest absolute Gasteiger partial charge is 0.453 e. The number of likely N-dealkylation sites (tertiary alicyclic amines) is 2. The molecule has 3 aliphatic rings. The van der Waals surface area contributed by atoms with E-state index in [1.165, 1.54) is 6.20 Å². The van der Waals surface area contributed by atoms with Crippen LogP contribution in [0, 0.1) is 18.8 Å². The Labute approximate surface area is 329 Å². The maximum atomic E-state index is 13.6. The van der Waals surface area contributed by atoms with Gasteiger partial charge in [0.1, 0.15) is 22.1 Å². The number of aromatic amines is 1. The predicted octanol–water partition coefficient (Wildman–Crippen LogP) is 5.84. The lowest BCUT2D eigenvalue weighted by Crippen LogP contribution is -2.48. The fourth-order valence-electron chi connectivity index (χ4n) is 8.06. The first kappa shape index (κ1) is 37.2. The predicted molar refractivity (Wildman–Crippen MR) is 210 cm³/mol. The summed E-state index contributed by atoms with van der Waals surface area (Å²) in [6, 6.07) is 14.8. The smallest absolute Gasteiger partial charge is 0.253 e. The van der Waals surface area contributed by atoms with Crippen LogP contribution in [-0.2, 0) is 21.4 Å². The first-order valence-corrected chi connectivity index (χ1v) is 19.6. The number of carbonyl (C=O) groups is 4. The van der Waals surface area contributed by atoms with Gasteiger partial charge in [-0.3, -0.25) is 29.2 Å². The molecule has 6 heterocycles. The number of aromatic nitrogens is 5. The van der Waals surface area contributed by atoms with E-state index in [9.17, 15) is 19.2 Å². The van der Waals surface area contributed by atoms with E-state index in [1.54, 1.807) is 28.9 Å². The first-order valence-electron chi connectivity index (χ1n) is 19.2. The molecule has 15 heteroatoms. The third-order valence-electron chi connectivity index (χ3n) is 11.1. The van der Waals surface area contributed by atoms with Crippen molar-refractivity contribution in [1.82, 2.24) is 39.8 Å². The molecule has 3 aromatic heterocycles. The number of piperidine rings is 3. The molecule has 0 aliphatic carbocycles. The lowest BCUT2D eigenvalue weighted by molar-refractivity contribution is -0.138. The topological polar surface area (TPSA) is 167 Å². The highest BCUT2D eigenvalue weighted by atomic mass is 35.5. The molecule has 0 saturated carbocycles. The minimum atomic E-state index is -0.302. The van der Waals surface area contributed by atoms with Crippen LogP contribution in [-0.4, -0.2) is 90.9 Å². The number of benzene rings is 2. The van der Waals surface area contributed by atoms with Crippen molar-refractivity contribution in [3.8, 4) is 22.9 Å². The van der Waals surface area contributed by atoms with Gasteiger partial charge in [-0.05, 0) is 86.9 Å². The Kier molecular flexibility index (Phi) is 10.5. The molecule has 56 heavy (non-hydrogen) atoms. The molecule has 3 N–H and O–H groups in total. The Balaban J connectivity index is 0.818. The van der Waals surface area contributed by atoms with E-state index < -0.39 is 0 Å². The molecule has 0 bridgehead atoms. The summed E-state index contributed by atoms with van der Waals surface area (Å²) in [5, 5.41) is 10.7. The average Bonchev–Trinajstić information content (AvgIpc) is 3.80. The van der Waals surface area contributed by atoms with Crippen LogP contribution >= 0.6 is 11.6 Å². The number of fused-ring (bicyclic) bond motifs is 1. The summed E-state index contributed by atoms with van der Waals surface area (Å²) in [5.41, 5.74) is 5.10. The van der Waals surface area contributed by atoms with E-state index in [1.807, 2.05) is 54.2 Å². The molecule has 0 radical (unpaired) electrons. The summed E-state index contributed by atoms with van der Waals surface area (Å²) in [6.07, 6.45) is 7.52. The molecule has 3 fully saturated rings. The van der Waals surface area contributed by atoms with Gasteiger partial charge in [-0.15, -0.1) is 0 Å². The highest BCUT2D eigenvalue weighted by Crippen LogP contribution is 2.36. The van der Waals surface area contributed by atoms with Crippen LogP contribution in [0.4, 0.5) is 5.69 Å². The van der Waals surface area contributed by atoms with Crippen molar-refractivity contribution in [3.05, 3.63) is 82.8 Å². The zero-order chi connectivity index (χ0) is 38.9. The lowest BCUT2D eigenvalue weighted by atomic mass is 9.90. The fourth-order valence-corrected chi connectivity index (χ4v) is 8.25. The number of H-pyrrole nitrogens is 1. The number of amides is 4. The number of hydrogen-bond acceptors (Lipinski definition) is 9. The Morgan fingerprint density at radius 3 is 2.46 bits per heavy atom. The fraction of sp³-hybridized carbons (Fsp3) is 0.390. The maximum absolute atomic E-state index is 13.6. The second-order valence-electron chi connectivity index (χ2n) is 15.0. The van der Waals surface area contributed by atoms with Gasteiger partial charge in [0.2, 0.25) is 17.7 Å². The molecule has 290 valence electrons. The second kappa shape index (κ2) is 15.8. The van der Waals surface area contributed by atoms with Crippen molar-refractivity contribution in [3.63, 3.8) is 0 Å². The standard InChI is InChI=1S/C41H44ClN9O5/c1-24-32(23-49(2)48-24)37-46-35-36(33(42)21-44-38(35)47-37)56-30-11-7-27(8-12-30)40(54)50-18-15-28(16-19-50)41(55)51-17-3-4-25(22-51)20-43-29-9-5-26(6-10-29)31-13-14-34(52)45-39(31)53/h5-12,21,23,25,28,31,43H,3-4,13-20,22H2,1-2H3,(H,44,46,47)(H,45,52,53)/t25?,31-/m0/s1. The molecular formula is C41H44ClN9O5. The summed E-state index contributed by atoms with van der Waals surface area (Å²) in [6.45, 7) is 5.15. The minimum absolute atomic E-state index is 0.0777. The van der Waals surface area contributed by atoms with Gasteiger partial charge in [-0.25, -0.2) is 9.97 Å². The van der Waals surface area contributed by atoms with Crippen LogP contribution in [0.25, 0.3) is 22.6 Å². The molecule has 1 unspecified atom stereocenters. The van der Waals surface area contributed by atoms with Crippen molar-refractivity contribution >= 4 is 52.1 Å². The molecule has 2 aromatic carbocycles. The average molecular weight is 778 g/mol. The van der Waals surface area contributed by atoms with E-state index in [4.69, 9.17) is 16.3 Å². The number of nitrogens with zero attached hydrogens (tertiary/aromatic N) is 6. The van der Waals surface area contributed by atoms with E-state index in [2.05, 4.69) is 30.7 Å². The number of halogens is 1. The number of pyridine rings is 1. The van der Waals surface area contributed by atoms with Crippen LogP contribution in [0.1, 0.15) is 66.1 Å².